The van der Waals surface area contributed by atoms with Gasteiger partial charge in [0.25, 0.3) is 0 Å². The molecule has 0 saturated carbocycles. The van der Waals surface area contributed by atoms with Crippen LogP contribution < -0.4 is 15.8 Å². The molecular weight excluding hydrogens is 478 g/mol. The standard InChI is InChI=1S/C27H33N3O2.BrH/c1-2-17-30(18-15-22-9-5-3-6-10-22)19-16-23-13-14-26(25(20-23)29-27(28)31)32-21-24-11-7-4-8-12-24;/h3-14,20H,2,15-19,21H2,1H3,(H3,28,29,31);1H. The van der Waals surface area contributed by atoms with E-state index in [2.05, 4.69) is 53.5 Å². The maximum Gasteiger partial charge on any atom is 0.316 e. The van der Waals surface area contributed by atoms with Gasteiger partial charge in [0, 0.05) is 13.1 Å². The molecule has 33 heavy (non-hydrogen) atoms. The van der Waals surface area contributed by atoms with Crippen molar-refractivity contribution in [2.45, 2.75) is 32.8 Å². The molecule has 0 heterocycles. The Balaban J connectivity index is 0.00000385. The lowest BCUT2D eigenvalue weighted by Crippen LogP contribution is -2.29. The Kier molecular flexibility index (Phi) is 11.5. The van der Waals surface area contributed by atoms with Crippen molar-refractivity contribution in [3.8, 4) is 5.75 Å². The number of nitrogens with one attached hydrogen (secondary N) is 1. The number of nitrogens with zero attached hydrogens (tertiary/aromatic N) is 1. The summed E-state index contributed by atoms with van der Waals surface area (Å²) in [5.41, 5.74) is 9.57. The second-order valence-corrected chi connectivity index (χ2v) is 7.92. The summed E-state index contributed by atoms with van der Waals surface area (Å²) in [6.07, 6.45) is 3.05. The number of ether oxygens (including phenoxy) is 1. The van der Waals surface area contributed by atoms with Crippen molar-refractivity contribution in [1.29, 1.82) is 0 Å². The van der Waals surface area contributed by atoms with E-state index in [4.69, 9.17) is 10.5 Å². The third-order valence-corrected chi connectivity index (χ3v) is 5.36. The van der Waals surface area contributed by atoms with E-state index in [0.29, 0.717) is 18.0 Å². The van der Waals surface area contributed by atoms with Crippen LogP contribution in [0.25, 0.3) is 0 Å². The monoisotopic (exact) mass is 511 g/mol. The lowest BCUT2D eigenvalue weighted by Gasteiger charge is -2.22. The normalized spacial score (nSPS) is 10.5. The second-order valence-electron chi connectivity index (χ2n) is 7.92. The molecule has 0 saturated heterocycles. The van der Waals surface area contributed by atoms with Crippen molar-refractivity contribution in [2.24, 2.45) is 5.73 Å². The molecule has 3 rings (SSSR count). The van der Waals surface area contributed by atoms with Gasteiger partial charge >= 0.3 is 6.03 Å². The molecule has 3 N–H and O–H groups in total. The van der Waals surface area contributed by atoms with E-state index in [9.17, 15) is 4.79 Å². The number of primary amides is 1. The summed E-state index contributed by atoms with van der Waals surface area (Å²) in [5, 5.41) is 2.71. The molecule has 2 amide bonds. The van der Waals surface area contributed by atoms with Crippen LogP contribution in [0.1, 0.15) is 30.0 Å². The van der Waals surface area contributed by atoms with Gasteiger partial charge in [-0.1, -0.05) is 73.7 Å². The molecule has 0 aliphatic heterocycles. The van der Waals surface area contributed by atoms with Gasteiger partial charge in [-0.05, 0) is 54.6 Å². The minimum Gasteiger partial charge on any atom is -0.487 e. The van der Waals surface area contributed by atoms with E-state index < -0.39 is 6.03 Å². The first kappa shape index (κ1) is 26.4. The summed E-state index contributed by atoms with van der Waals surface area (Å²) in [6, 6.07) is 25.9. The summed E-state index contributed by atoms with van der Waals surface area (Å²) < 4.78 is 5.95. The van der Waals surface area contributed by atoms with Gasteiger partial charge in [-0.25, -0.2) is 4.79 Å². The topological polar surface area (TPSA) is 67.6 Å². The van der Waals surface area contributed by atoms with Crippen molar-refractivity contribution in [3.05, 3.63) is 95.6 Å². The van der Waals surface area contributed by atoms with E-state index in [1.54, 1.807) is 0 Å². The maximum atomic E-state index is 11.5. The van der Waals surface area contributed by atoms with Gasteiger partial charge in [-0.2, -0.15) is 0 Å². The zero-order chi connectivity index (χ0) is 22.6. The molecule has 176 valence electrons. The average Bonchev–Trinajstić information content (AvgIpc) is 2.81. The molecule has 6 heteroatoms. The van der Waals surface area contributed by atoms with Crippen LogP contribution >= 0.6 is 17.0 Å². The largest absolute Gasteiger partial charge is 0.487 e. The Morgan fingerprint density at radius 2 is 1.45 bits per heavy atom. The molecule has 3 aromatic carbocycles. The molecule has 0 aliphatic carbocycles. The van der Waals surface area contributed by atoms with E-state index in [1.807, 2.05) is 42.5 Å². The number of rotatable bonds is 12. The van der Waals surface area contributed by atoms with Crippen LogP contribution in [0.5, 0.6) is 5.75 Å². The van der Waals surface area contributed by atoms with Crippen LogP contribution in [0.4, 0.5) is 10.5 Å². The number of nitrogens with two attached hydrogens (primary N) is 1. The SMILES string of the molecule is Br.CCCN(CCc1ccccc1)CCc1ccc(OCc2ccccc2)c(NC(N)=O)c1. The molecule has 0 aromatic heterocycles. The quantitative estimate of drug-likeness (QED) is 0.321. The van der Waals surface area contributed by atoms with Gasteiger partial charge < -0.3 is 20.7 Å². The van der Waals surface area contributed by atoms with Crippen molar-refractivity contribution in [3.63, 3.8) is 0 Å². The van der Waals surface area contributed by atoms with Gasteiger partial charge in [0.1, 0.15) is 12.4 Å². The average molecular weight is 512 g/mol. The molecule has 0 fully saturated rings. The molecule has 0 unspecified atom stereocenters. The van der Waals surface area contributed by atoms with Gasteiger partial charge in [-0.3, -0.25) is 0 Å². The number of urea groups is 1. The summed E-state index contributed by atoms with van der Waals surface area (Å²) in [6.45, 7) is 5.70. The summed E-state index contributed by atoms with van der Waals surface area (Å²) in [4.78, 5) is 14.0. The molecule has 0 bridgehead atoms. The second kappa shape index (κ2) is 14.3. The fourth-order valence-electron chi connectivity index (χ4n) is 3.69. The smallest absolute Gasteiger partial charge is 0.316 e. The first-order valence-electron chi connectivity index (χ1n) is 11.3. The van der Waals surface area contributed by atoms with Crippen LogP contribution in [0.15, 0.2) is 78.9 Å². The molecule has 0 radical (unpaired) electrons. The van der Waals surface area contributed by atoms with E-state index in [1.165, 1.54) is 5.56 Å². The Labute approximate surface area is 207 Å². The number of hydrogen-bond donors (Lipinski definition) is 2. The van der Waals surface area contributed by atoms with Crippen molar-refractivity contribution in [1.82, 2.24) is 4.90 Å². The summed E-state index contributed by atoms with van der Waals surface area (Å²) >= 11 is 0. The fraction of sp³-hybridized carbons (Fsp3) is 0.296. The molecule has 0 aliphatic rings. The zero-order valence-electron chi connectivity index (χ0n) is 19.2. The van der Waals surface area contributed by atoms with Crippen LogP contribution in [-0.2, 0) is 19.4 Å². The first-order valence-corrected chi connectivity index (χ1v) is 11.3. The van der Waals surface area contributed by atoms with Crippen LogP contribution in [0.3, 0.4) is 0 Å². The third kappa shape index (κ3) is 9.28. The van der Waals surface area contributed by atoms with Crippen LogP contribution in [0.2, 0.25) is 0 Å². The number of benzene rings is 3. The number of amides is 2. The van der Waals surface area contributed by atoms with Gasteiger partial charge in [0.15, 0.2) is 0 Å². The highest BCUT2D eigenvalue weighted by Gasteiger charge is 2.10. The fourth-order valence-corrected chi connectivity index (χ4v) is 3.69. The first-order chi connectivity index (χ1) is 15.6. The lowest BCUT2D eigenvalue weighted by atomic mass is 10.1. The minimum atomic E-state index is -0.595. The number of halogens is 1. The number of carbonyl (C=O) groups excluding carboxylic acids is 1. The zero-order valence-corrected chi connectivity index (χ0v) is 20.9. The Bertz CT molecular complexity index is 968. The maximum absolute atomic E-state index is 11.5. The summed E-state index contributed by atoms with van der Waals surface area (Å²) in [7, 11) is 0. The number of hydrogen-bond acceptors (Lipinski definition) is 3. The highest BCUT2D eigenvalue weighted by molar-refractivity contribution is 8.93. The summed E-state index contributed by atoms with van der Waals surface area (Å²) in [5.74, 6) is 0.617. The third-order valence-electron chi connectivity index (χ3n) is 5.36. The minimum absolute atomic E-state index is 0. The van der Waals surface area contributed by atoms with Crippen LogP contribution in [-0.4, -0.2) is 30.6 Å². The molecule has 5 nitrogen and oxygen atoms in total. The van der Waals surface area contributed by atoms with Crippen LogP contribution in [0, 0.1) is 0 Å². The Morgan fingerprint density at radius 1 is 0.848 bits per heavy atom. The molecule has 0 spiro atoms. The van der Waals surface area contributed by atoms with E-state index in [0.717, 1.165) is 50.0 Å². The number of anilines is 1. The van der Waals surface area contributed by atoms with Crippen molar-refractivity contribution >= 4 is 28.7 Å². The lowest BCUT2D eigenvalue weighted by molar-refractivity contribution is 0.259. The van der Waals surface area contributed by atoms with Crippen molar-refractivity contribution in [2.75, 3.05) is 25.0 Å². The Morgan fingerprint density at radius 3 is 2.06 bits per heavy atom. The molecule has 3 aromatic rings. The molecular formula is C27H34BrN3O2. The molecule has 0 atom stereocenters. The van der Waals surface area contributed by atoms with E-state index in [-0.39, 0.29) is 17.0 Å². The predicted octanol–water partition coefficient (Wildman–Crippen LogP) is 5.83. The Hall–Kier alpha value is -2.83. The van der Waals surface area contributed by atoms with Crippen molar-refractivity contribution < 1.29 is 9.53 Å². The highest BCUT2D eigenvalue weighted by Crippen LogP contribution is 2.27. The highest BCUT2D eigenvalue weighted by atomic mass is 79.9. The number of carbonyl (C=O) groups is 1. The van der Waals surface area contributed by atoms with Gasteiger partial charge in [0.05, 0.1) is 5.69 Å². The van der Waals surface area contributed by atoms with Gasteiger partial charge in [0.2, 0.25) is 0 Å². The van der Waals surface area contributed by atoms with Gasteiger partial charge in [-0.15, -0.1) is 17.0 Å². The van der Waals surface area contributed by atoms with E-state index >= 15 is 0 Å². The predicted molar refractivity (Wildman–Crippen MR) is 141 cm³/mol.